The van der Waals surface area contributed by atoms with E-state index in [4.69, 9.17) is 15.1 Å². The second-order valence-electron chi connectivity index (χ2n) is 3.41. The SMILES string of the molecule is CCCCCOP(=O)(O)OCC(=O)O.COC(=O)CO. The van der Waals surface area contributed by atoms with Crippen LogP contribution in [0.4, 0.5) is 0 Å². The van der Waals surface area contributed by atoms with Crippen LogP contribution in [0.5, 0.6) is 0 Å². The minimum atomic E-state index is -4.17. The number of rotatable bonds is 9. The van der Waals surface area contributed by atoms with E-state index in [0.29, 0.717) is 6.42 Å². The molecule has 3 N–H and O–H groups in total. The zero-order valence-electron chi connectivity index (χ0n) is 11.5. The predicted octanol–water partition coefficient (Wildman–Crippen LogP) is 0.546. The number of methoxy groups -OCH3 is 1. The number of carboxylic acid groups (broad SMARTS) is 1. The van der Waals surface area contributed by atoms with Crippen molar-refractivity contribution in [3.63, 3.8) is 0 Å². The molecule has 0 radical (unpaired) electrons. The summed E-state index contributed by atoms with van der Waals surface area (Å²) < 4.78 is 23.6. The number of esters is 1. The van der Waals surface area contributed by atoms with Crippen molar-refractivity contribution < 1.29 is 43.0 Å². The van der Waals surface area contributed by atoms with Crippen LogP contribution in [0, 0.1) is 0 Å². The Labute approximate surface area is 117 Å². The van der Waals surface area contributed by atoms with E-state index in [-0.39, 0.29) is 6.61 Å². The molecule has 10 heteroatoms. The standard InChI is InChI=1S/C7H15O6P.C3H6O3/c1-2-3-4-5-12-14(10,11)13-6-7(8)9;1-6-3(5)2-4/h2-6H2,1H3,(H,8,9)(H,10,11);4H,2H2,1H3. The summed E-state index contributed by atoms with van der Waals surface area (Å²) in [5.41, 5.74) is 0. The fourth-order valence-electron chi connectivity index (χ4n) is 0.771. The monoisotopic (exact) mass is 316 g/mol. The largest absolute Gasteiger partial charge is 0.480 e. The molecule has 0 aliphatic heterocycles. The third-order valence-electron chi connectivity index (χ3n) is 1.71. The average molecular weight is 316 g/mol. The van der Waals surface area contributed by atoms with E-state index < -0.39 is 33.0 Å². The summed E-state index contributed by atoms with van der Waals surface area (Å²) in [5, 5.41) is 16.0. The third kappa shape index (κ3) is 17.0. The molecule has 0 heterocycles. The van der Waals surface area contributed by atoms with Gasteiger partial charge < -0.3 is 19.8 Å². The number of ether oxygens (including phenoxy) is 1. The predicted molar refractivity (Wildman–Crippen MR) is 68.0 cm³/mol. The number of aliphatic carboxylic acids is 1. The van der Waals surface area contributed by atoms with Crippen LogP contribution >= 0.6 is 7.82 Å². The van der Waals surface area contributed by atoms with Gasteiger partial charge in [-0.15, -0.1) is 0 Å². The van der Waals surface area contributed by atoms with Crippen molar-refractivity contribution in [3.05, 3.63) is 0 Å². The van der Waals surface area contributed by atoms with Crippen LogP contribution in [0.3, 0.4) is 0 Å². The van der Waals surface area contributed by atoms with Gasteiger partial charge in [0, 0.05) is 0 Å². The topological polar surface area (TPSA) is 140 Å². The molecule has 0 saturated carbocycles. The average Bonchev–Trinajstić information content (AvgIpc) is 2.41. The highest BCUT2D eigenvalue weighted by molar-refractivity contribution is 7.47. The van der Waals surface area contributed by atoms with Gasteiger partial charge in [-0.2, -0.15) is 0 Å². The van der Waals surface area contributed by atoms with Gasteiger partial charge >= 0.3 is 19.8 Å². The summed E-state index contributed by atoms with van der Waals surface area (Å²) in [6.07, 6.45) is 2.51. The molecule has 0 aromatic carbocycles. The van der Waals surface area contributed by atoms with Gasteiger partial charge in [-0.3, -0.25) is 9.05 Å². The van der Waals surface area contributed by atoms with Crippen molar-refractivity contribution in [2.45, 2.75) is 26.2 Å². The van der Waals surface area contributed by atoms with E-state index in [9.17, 15) is 14.2 Å². The molecule has 0 aromatic rings. The lowest BCUT2D eigenvalue weighted by molar-refractivity contribution is -0.143. The van der Waals surface area contributed by atoms with E-state index >= 15 is 0 Å². The Kier molecular flexibility index (Phi) is 13.9. The number of aliphatic hydroxyl groups excluding tert-OH is 1. The molecule has 0 bridgehead atoms. The maximum Gasteiger partial charge on any atom is 0.472 e. The van der Waals surface area contributed by atoms with Gasteiger partial charge in [0.05, 0.1) is 13.7 Å². The van der Waals surface area contributed by atoms with E-state index in [2.05, 4.69) is 13.8 Å². The van der Waals surface area contributed by atoms with E-state index in [1.54, 1.807) is 0 Å². The molecule has 0 saturated heterocycles. The molecule has 0 spiro atoms. The van der Waals surface area contributed by atoms with Gasteiger partial charge in [-0.25, -0.2) is 14.2 Å². The zero-order valence-corrected chi connectivity index (χ0v) is 12.4. The Balaban J connectivity index is 0. The lowest BCUT2D eigenvalue weighted by atomic mass is 10.3. The minimum Gasteiger partial charge on any atom is -0.480 e. The second kappa shape index (κ2) is 13.0. The number of hydrogen-bond donors (Lipinski definition) is 3. The van der Waals surface area contributed by atoms with Crippen molar-refractivity contribution in [1.82, 2.24) is 0 Å². The number of phosphoric ester groups is 1. The number of carbonyl (C=O) groups excluding carboxylic acids is 1. The van der Waals surface area contributed by atoms with Crippen molar-refractivity contribution >= 4 is 19.8 Å². The quantitative estimate of drug-likeness (QED) is 0.316. The number of aliphatic hydroxyl groups is 1. The molecule has 120 valence electrons. The van der Waals surface area contributed by atoms with Crippen molar-refractivity contribution in [1.29, 1.82) is 0 Å². The second-order valence-corrected chi connectivity index (χ2v) is 4.86. The zero-order chi connectivity index (χ0) is 16.0. The van der Waals surface area contributed by atoms with Crippen LogP contribution in [-0.2, 0) is 27.9 Å². The van der Waals surface area contributed by atoms with Crippen LogP contribution in [0.25, 0.3) is 0 Å². The first kappa shape index (κ1) is 21.3. The van der Waals surface area contributed by atoms with Gasteiger partial charge in [0.15, 0.2) is 6.61 Å². The van der Waals surface area contributed by atoms with Crippen molar-refractivity contribution in [2.24, 2.45) is 0 Å². The Morgan fingerprint density at radius 2 is 1.80 bits per heavy atom. The summed E-state index contributed by atoms with van der Waals surface area (Å²) in [7, 11) is -2.95. The van der Waals surface area contributed by atoms with Crippen LogP contribution in [0.2, 0.25) is 0 Å². The Hall–Kier alpha value is -0.990. The number of unbranched alkanes of at least 4 members (excludes halogenated alkanes) is 2. The minimum absolute atomic E-state index is 0.0984. The van der Waals surface area contributed by atoms with Gasteiger partial charge in [-0.1, -0.05) is 19.8 Å². The Morgan fingerprint density at radius 3 is 2.15 bits per heavy atom. The van der Waals surface area contributed by atoms with Crippen LogP contribution in [0.1, 0.15) is 26.2 Å². The normalized spacial score (nSPS) is 12.8. The maximum absolute atomic E-state index is 10.9. The van der Waals surface area contributed by atoms with Gasteiger partial charge in [0.25, 0.3) is 0 Å². The molecule has 0 fully saturated rings. The first-order chi connectivity index (χ1) is 9.29. The fraction of sp³-hybridized carbons (Fsp3) is 0.800. The van der Waals surface area contributed by atoms with Gasteiger partial charge in [-0.05, 0) is 6.42 Å². The Bertz CT molecular complexity index is 312. The summed E-state index contributed by atoms with van der Waals surface area (Å²) >= 11 is 0. The molecule has 1 unspecified atom stereocenters. The van der Waals surface area contributed by atoms with Crippen molar-refractivity contribution in [2.75, 3.05) is 26.9 Å². The number of carbonyl (C=O) groups is 2. The number of carboxylic acids is 1. The third-order valence-corrected chi connectivity index (χ3v) is 2.67. The molecule has 0 aromatic heterocycles. The molecule has 0 amide bonds. The van der Waals surface area contributed by atoms with Gasteiger partial charge in [0.1, 0.15) is 6.61 Å². The molecule has 1 atom stereocenters. The fourth-order valence-corrected chi connectivity index (χ4v) is 1.48. The lowest BCUT2D eigenvalue weighted by Crippen LogP contribution is -2.07. The molecule has 0 rings (SSSR count). The van der Waals surface area contributed by atoms with Crippen LogP contribution in [-0.4, -0.2) is 54.0 Å². The summed E-state index contributed by atoms with van der Waals surface area (Å²) in [6.45, 7) is 0.721. The molecule has 20 heavy (non-hydrogen) atoms. The smallest absolute Gasteiger partial charge is 0.472 e. The van der Waals surface area contributed by atoms with Gasteiger partial charge in [0.2, 0.25) is 0 Å². The molecule has 0 aliphatic rings. The molecule has 0 aliphatic carbocycles. The van der Waals surface area contributed by atoms with Crippen LogP contribution < -0.4 is 0 Å². The lowest BCUT2D eigenvalue weighted by Gasteiger charge is -2.09. The van der Waals surface area contributed by atoms with E-state index in [0.717, 1.165) is 12.8 Å². The Morgan fingerprint density at radius 1 is 1.20 bits per heavy atom. The number of phosphoric acid groups is 1. The first-order valence-electron chi connectivity index (χ1n) is 5.80. The molecular formula is C10H21O9P. The highest BCUT2D eigenvalue weighted by atomic mass is 31.2. The molecular weight excluding hydrogens is 295 g/mol. The van der Waals surface area contributed by atoms with Crippen LogP contribution in [0.15, 0.2) is 0 Å². The highest BCUT2D eigenvalue weighted by Gasteiger charge is 2.21. The highest BCUT2D eigenvalue weighted by Crippen LogP contribution is 2.42. The maximum atomic E-state index is 10.9. The van der Waals surface area contributed by atoms with E-state index in [1.807, 2.05) is 6.92 Å². The number of hydrogen-bond acceptors (Lipinski definition) is 7. The molecule has 9 nitrogen and oxygen atoms in total. The first-order valence-corrected chi connectivity index (χ1v) is 7.30. The summed E-state index contributed by atoms with van der Waals surface area (Å²) in [4.78, 5) is 28.6. The van der Waals surface area contributed by atoms with E-state index in [1.165, 1.54) is 7.11 Å². The van der Waals surface area contributed by atoms with Crippen molar-refractivity contribution in [3.8, 4) is 0 Å². The summed E-state index contributed by atoms with van der Waals surface area (Å²) in [5.74, 6) is -1.91. The summed E-state index contributed by atoms with van der Waals surface area (Å²) in [6, 6.07) is 0.